The molecule has 2 aromatic heterocycles. The first-order chi connectivity index (χ1) is 15.1. The molecule has 3 heteroatoms. The van der Waals surface area contributed by atoms with E-state index < -0.39 is 0 Å². The molecule has 0 fully saturated rings. The molecule has 0 unspecified atom stereocenters. The second-order valence-corrected chi connectivity index (χ2v) is 8.77. The Morgan fingerprint density at radius 3 is 2.55 bits per heavy atom. The lowest BCUT2D eigenvalue weighted by molar-refractivity contribution is -0.660. The zero-order valence-electron chi connectivity index (χ0n) is 18.1. The zero-order valence-corrected chi connectivity index (χ0v) is 18.1. The highest BCUT2D eigenvalue weighted by Crippen LogP contribution is 2.41. The minimum Gasteiger partial charge on any atom is -0.454 e. The summed E-state index contributed by atoms with van der Waals surface area (Å²) >= 11 is 0. The van der Waals surface area contributed by atoms with Gasteiger partial charge in [0, 0.05) is 41.6 Å². The Balaban J connectivity index is 1.62. The molecule has 3 heterocycles. The molecule has 0 amide bonds. The number of fused-ring (bicyclic) bond motifs is 4. The summed E-state index contributed by atoms with van der Waals surface area (Å²) in [7, 11) is 4.26. The van der Waals surface area contributed by atoms with Crippen molar-refractivity contribution in [2.24, 2.45) is 7.05 Å². The van der Waals surface area contributed by atoms with Crippen LogP contribution in [0.2, 0.25) is 0 Å². The fourth-order valence-corrected chi connectivity index (χ4v) is 5.02. The summed E-state index contributed by atoms with van der Waals surface area (Å²) < 4.78 is 8.84. The maximum Gasteiger partial charge on any atom is 0.216 e. The third-order valence-corrected chi connectivity index (χ3v) is 6.58. The standard InChI is InChI=1S/C28H25N2O/c1-18-10-13-24-23-8-6-7-22(19-11-12-20-16-29(2)17-21(20)15-19)27(23)31-28(24)26(18)25-9-4-5-14-30(25)3/h4-15H,16-17H2,1-3H3/q+1. The van der Waals surface area contributed by atoms with Gasteiger partial charge >= 0.3 is 0 Å². The summed E-state index contributed by atoms with van der Waals surface area (Å²) in [4.78, 5) is 2.35. The van der Waals surface area contributed by atoms with Crippen LogP contribution in [0.5, 0.6) is 0 Å². The lowest BCUT2D eigenvalue weighted by Gasteiger charge is -2.06. The van der Waals surface area contributed by atoms with Crippen LogP contribution >= 0.6 is 0 Å². The summed E-state index contributed by atoms with van der Waals surface area (Å²) in [5.74, 6) is 0. The molecule has 0 aliphatic carbocycles. The van der Waals surface area contributed by atoms with Gasteiger partial charge < -0.3 is 4.42 Å². The second-order valence-electron chi connectivity index (χ2n) is 8.77. The van der Waals surface area contributed by atoms with Crippen molar-refractivity contribution in [3.05, 3.63) is 89.6 Å². The normalized spacial score (nSPS) is 13.9. The van der Waals surface area contributed by atoms with Crippen molar-refractivity contribution in [1.82, 2.24) is 4.90 Å². The van der Waals surface area contributed by atoms with Crippen LogP contribution in [0.15, 0.2) is 77.3 Å². The van der Waals surface area contributed by atoms with Crippen LogP contribution in [-0.4, -0.2) is 11.9 Å². The molecule has 0 saturated carbocycles. The van der Waals surface area contributed by atoms with Gasteiger partial charge in [-0.25, -0.2) is 4.57 Å². The lowest BCUT2D eigenvalue weighted by Crippen LogP contribution is -2.30. The van der Waals surface area contributed by atoms with Crippen LogP contribution in [0.3, 0.4) is 0 Å². The van der Waals surface area contributed by atoms with Crippen molar-refractivity contribution in [2.75, 3.05) is 7.05 Å². The van der Waals surface area contributed by atoms with Crippen LogP contribution in [-0.2, 0) is 20.1 Å². The minimum absolute atomic E-state index is 0.963. The minimum atomic E-state index is 0.963. The summed E-state index contributed by atoms with van der Waals surface area (Å²) in [5, 5.41) is 2.34. The van der Waals surface area contributed by atoms with Gasteiger partial charge in [-0.3, -0.25) is 4.90 Å². The first-order valence-electron chi connectivity index (χ1n) is 10.8. The number of nitrogens with zero attached hydrogens (tertiary/aromatic N) is 2. The van der Waals surface area contributed by atoms with Crippen molar-refractivity contribution >= 4 is 21.9 Å². The largest absolute Gasteiger partial charge is 0.454 e. The Morgan fingerprint density at radius 1 is 0.839 bits per heavy atom. The fraction of sp³-hybridized carbons (Fsp3) is 0.179. The highest BCUT2D eigenvalue weighted by molar-refractivity contribution is 6.13. The summed E-state index contributed by atoms with van der Waals surface area (Å²) in [5.41, 5.74) is 10.7. The van der Waals surface area contributed by atoms with Gasteiger partial charge in [0.2, 0.25) is 5.69 Å². The maximum absolute atomic E-state index is 6.68. The Hall–Kier alpha value is -3.43. The number of aryl methyl sites for hydroxylation is 2. The van der Waals surface area contributed by atoms with E-state index in [0.717, 1.165) is 35.5 Å². The number of para-hydroxylation sites is 1. The van der Waals surface area contributed by atoms with E-state index in [2.05, 4.69) is 103 Å². The van der Waals surface area contributed by atoms with E-state index in [9.17, 15) is 0 Å². The Kier molecular flexibility index (Phi) is 4.02. The average molecular weight is 406 g/mol. The van der Waals surface area contributed by atoms with Crippen LogP contribution in [0.25, 0.3) is 44.3 Å². The molecule has 0 saturated heterocycles. The maximum atomic E-state index is 6.68. The molecular weight excluding hydrogens is 380 g/mol. The second kappa shape index (κ2) is 6.79. The van der Waals surface area contributed by atoms with Gasteiger partial charge in [0.1, 0.15) is 18.2 Å². The highest BCUT2D eigenvalue weighted by atomic mass is 16.3. The van der Waals surface area contributed by atoms with Gasteiger partial charge in [0.25, 0.3) is 0 Å². The third-order valence-electron chi connectivity index (χ3n) is 6.58. The predicted octanol–water partition coefficient (Wildman–Crippen LogP) is 6.00. The first kappa shape index (κ1) is 18.3. The summed E-state index contributed by atoms with van der Waals surface area (Å²) in [6, 6.07) is 24.1. The van der Waals surface area contributed by atoms with Gasteiger partial charge in [-0.2, -0.15) is 0 Å². The molecule has 3 nitrogen and oxygen atoms in total. The van der Waals surface area contributed by atoms with Crippen molar-refractivity contribution in [3.8, 4) is 22.4 Å². The van der Waals surface area contributed by atoms with E-state index in [0.29, 0.717) is 0 Å². The van der Waals surface area contributed by atoms with E-state index in [1.54, 1.807) is 0 Å². The molecule has 31 heavy (non-hydrogen) atoms. The zero-order chi connectivity index (χ0) is 21.1. The molecule has 3 aromatic carbocycles. The van der Waals surface area contributed by atoms with E-state index in [-0.39, 0.29) is 0 Å². The predicted molar refractivity (Wildman–Crippen MR) is 126 cm³/mol. The SMILES string of the molecule is Cc1ccc2c(oc3c(-c4ccc5c(c4)CN(C)C5)cccc32)c1-c1cccc[n+]1C. The topological polar surface area (TPSA) is 20.3 Å². The molecule has 5 aromatic rings. The molecule has 0 bridgehead atoms. The number of hydrogen-bond acceptors (Lipinski definition) is 2. The summed E-state index contributed by atoms with van der Waals surface area (Å²) in [6.07, 6.45) is 2.09. The molecule has 0 atom stereocenters. The highest BCUT2D eigenvalue weighted by Gasteiger charge is 2.22. The van der Waals surface area contributed by atoms with Gasteiger partial charge in [-0.05, 0) is 48.4 Å². The lowest BCUT2D eigenvalue weighted by atomic mass is 9.97. The number of hydrogen-bond donors (Lipinski definition) is 0. The van der Waals surface area contributed by atoms with Crippen molar-refractivity contribution < 1.29 is 8.98 Å². The van der Waals surface area contributed by atoms with E-state index >= 15 is 0 Å². The number of furan rings is 1. The molecular formula is C28H25N2O+. The first-order valence-corrected chi connectivity index (χ1v) is 10.8. The van der Waals surface area contributed by atoms with Crippen molar-refractivity contribution in [1.29, 1.82) is 0 Å². The molecule has 1 aliphatic heterocycles. The molecule has 0 N–H and O–H groups in total. The monoisotopic (exact) mass is 405 g/mol. The number of benzene rings is 3. The Labute approximate surface area is 182 Å². The van der Waals surface area contributed by atoms with Crippen molar-refractivity contribution in [3.63, 3.8) is 0 Å². The van der Waals surface area contributed by atoms with Crippen LogP contribution in [0.4, 0.5) is 0 Å². The quantitative estimate of drug-likeness (QED) is 0.336. The van der Waals surface area contributed by atoms with E-state index in [4.69, 9.17) is 4.42 Å². The van der Waals surface area contributed by atoms with Gasteiger partial charge in [0.15, 0.2) is 6.20 Å². The molecule has 1 aliphatic rings. The van der Waals surface area contributed by atoms with Gasteiger partial charge in [-0.15, -0.1) is 0 Å². The van der Waals surface area contributed by atoms with Crippen LogP contribution < -0.4 is 4.57 Å². The number of rotatable bonds is 2. The number of pyridine rings is 1. The van der Waals surface area contributed by atoms with E-state index in [1.165, 1.54) is 38.6 Å². The molecule has 6 rings (SSSR count). The summed E-state index contributed by atoms with van der Waals surface area (Å²) in [6.45, 7) is 4.20. The van der Waals surface area contributed by atoms with Crippen LogP contribution in [0, 0.1) is 6.92 Å². The Bertz CT molecular complexity index is 1480. The number of aromatic nitrogens is 1. The smallest absolute Gasteiger partial charge is 0.216 e. The molecule has 0 spiro atoms. The van der Waals surface area contributed by atoms with E-state index in [1.807, 2.05) is 0 Å². The fourth-order valence-electron chi connectivity index (χ4n) is 5.02. The van der Waals surface area contributed by atoms with Gasteiger partial charge in [0.05, 0.1) is 5.56 Å². The average Bonchev–Trinajstić information content (AvgIpc) is 3.33. The third kappa shape index (κ3) is 2.81. The molecule has 152 valence electrons. The van der Waals surface area contributed by atoms with Gasteiger partial charge in [-0.1, -0.05) is 42.5 Å². The Morgan fingerprint density at radius 2 is 1.68 bits per heavy atom. The molecule has 0 radical (unpaired) electrons. The van der Waals surface area contributed by atoms with Crippen molar-refractivity contribution in [2.45, 2.75) is 20.0 Å². The van der Waals surface area contributed by atoms with Crippen LogP contribution in [0.1, 0.15) is 16.7 Å².